The molecule has 1 amide bonds. The minimum absolute atomic E-state index is 0.0873. The van der Waals surface area contributed by atoms with Gasteiger partial charge in [0.2, 0.25) is 0 Å². The molecule has 2 aliphatic heterocycles. The van der Waals surface area contributed by atoms with Crippen LogP contribution in [0.3, 0.4) is 0 Å². The molecule has 0 aliphatic carbocycles. The first-order valence-electron chi connectivity index (χ1n) is 8.00. The Morgan fingerprint density at radius 1 is 1.30 bits per heavy atom. The Kier molecular flexibility index (Phi) is 3.61. The minimum Gasteiger partial charge on any atom is -0.488 e. The number of amides is 1. The second kappa shape index (κ2) is 5.91. The number of fused-ring (bicyclic) bond motifs is 1. The van der Waals surface area contributed by atoms with E-state index in [0.717, 1.165) is 42.8 Å². The van der Waals surface area contributed by atoms with Crippen LogP contribution in [0.5, 0.6) is 5.75 Å². The van der Waals surface area contributed by atoms with Gasteiger partial charge < -0.3 is 14.2 Å². The maximum atomic E-state index is 12.8. The molecule has 5 nitrogen and oxygen atoms in total. The van der Waals surface area contributed by atoms with E-state index in [-0.39, 0.29) is 5.91 Å². The maximum Gasteiger partial charge on any atom is 0.253 e. The van der Waals surface area contributed by atoms with Crippen molar-refractivity contribution in [3.05, 3.63) is 54.1 Å². The van der Waals surface area contributed by atoms with Gasteiger partial charge in [0.05, 0.1) is 17.9 Å². The molecule has 0 radical (unpaired) electrons. The molecule has 2 aromatic rings. The Morgan fingerprint density at radius 3 is 3.09 bits per heavy atom. The van der Waals surface area contributed by atoms with E-state index in [4.69, 9.17) is 4.74 Å². The summed E-state index contributed by atoms with van der Waals surface area (Å²) in [4.78, 5) is 18.9. The molecule has 0 saturated carbocycles. The van der Waals surface area contributed by atoms with Crippen molar-refractivity contribution >= 4 is 12.0 Å². The first-order chi connectivity index (χ1) is 11.3. The number of piperidine rings is 1. The smallest absolute Gasteiger partial charge is 0.253 e. The standard InChI is InChI=1S/C18H19N3O2/c22-18(15-10-14-4-1-2-6-17(14)23-12-15)20-8-3-5-16(11-20)21-9-7-19-13-21/h1-2,4,6-7,9-10,13,16H,3,5,8,11-12H2/t16-/m0/s1. The molecule has 3 heterocycles. The Labute approximate surface area is 135 Å². The van der Waals surface area contributed by atoms with Gasteiger partial charge in [0, 0.05) is 31.0 Å². The highest BCUT2D eigenvalue weighted by Crippen LogP contribution is 2.28. The van der Waals surface area contributed by atoms with Gasteiger partial charge in [0.1, 0.15) is 12.4 Å². The van der Waals surface area contributed by atoms with Crippen molar-refractivity contribution in [1.29, 1.82) is 0 Å². The predicted molar refractivity (Wildman–Crippen MR) is 87.0 cm³/mol. The van der Waals surface area contributed by atoms with Crippen LogP contribution in [0.4, 0.5) is 0 Å². The van der Waals surface area contributed by atoms with E-state index in [9.17, 15) is 4.79 Å². The zero-order chi connectivity index (χ0) is 15.6. The third-order valence-electron chi connectivity index (χ3n) is 4.54. The summed E-state index contributed by atoms with van der Waals surface area (Å²) >= 11 is 0. The average molecular weight is 309 g/mol. The number of ether oxygens (including phenoxy) is 1. The van der Waals surface area contributed by atoms with Crippen LogP contribution in [0.15, 0.2) is 48.6 Å². The van der Waals surface area contributed by atoms with Crippen LogP contribution in [0, 0.1) is 0 Å². The molecule has 0 spiro atoms. The van der Waals surface area contributed by atoms with E-state index in [1.165, 1.54) is 0 Å². The van der Waals surface area contributed by atoms with Crippen molar-refractivity contribution in [2.75, 3.05) is 19.7 Å². The van der Waals surface area contributed by atoms with Crippen molar-refractivity contribution in [3.8, 4) is 5.75 Å². The lowest BCUT2D eigenvalue weighted by Gasteiger charge is -2.34. The quantitative estimate of drug-likeness (QED) is 0.856. The number of likely N-dealkylation sites (tertiary alicyclic amines) is 1. The third-order valence-corrected chi connectivity index (χ3v) is 4.54. The van der Waals surface area contributed by atoms with Crippen LogP contribution in [0.2, 0.25) is 0 Å². The summed E-state index contributed by atoms with van der Waals surface area (Å²) in [5.41, 5.74) is 1.71. The largest absolute Gasteiger partial charge is 0.488 e. The molecule has 4 rings (SSSR count). The molecule has 23 heavy (non-hydrogen) atoms. The van der Waals surface area contributed by atoms with Gasteiger partial charge in [-0.15, -0.1) is 0 Å². The first-order valence-corrected chi connectivity index (χ1v) is 8.00. The number of carbonyl (C=O) groups is 1. The molecule has 118 valence electrons. The number of benzene rings is 1. The number of para-hydroxylation sites is 1. The Morgan fingerprint density at radius 2 is 2.22 bits per heavy atom. The normalized spacial score (nSPS) is 20.4. The number of hydrogen-bond donors (Lipinski definition) is 0. The van der Waals surface area contributed by atoms with Gasteiger partial charge in [-0.05, 0) is 25.0 Å². The molecule has 1 fully saturated rings. The lowest BCUT2D eigenvalue weighted by molar-refractivity contribution is -0.129. The van der Waals surface area contributed by atoms with Crippen LogP contribution >= 0.6 is 0 Å². The van der Waals surface area contributed by atoms with Gasteiger partial charge in [0.25, 0.3) is 5.91 Å². The second-order valence-electron chi connectivity index (χ2n) is 6.05. The Bertz CT molecular complexity index is 736. The summed E-state index contributed by atoms with van der Waals surface area (Å²) in [7, 11) is 0. The molecule has 2 aliphatic rings. The van der Waals surface area contributed by atoms with E-state index in [0.29, 0.717) is 12.6 Å². The fourth-order valence-electron chi connectivity index (χ4n) is 3.31. The molecule has 1 saturated heterocycles. The Hall–Kier alpha value is -2.56. The number of carbonyl (C=O) groups excluding carboxylic acids is 1. The average Bonchev–Trinajstić information content (AvgIpc) is 3.15. The highest BCUT2D eigenvalue weighted by Gasteiger charge is 2.27. The molecule has 1 aromatic carbocycles. The minimum atomic E-state index is 0.0873. The fourth-order valence-corrected chi connectivity index (χ4v) is 3.31. The number of nitrogens with zero attached hydrogens (tertiary/aromatic N) is 3. The van der Waals surface area contributed by atoms with Gasteiger partial charge in [-0.1, -0.05) is 18.2 Å². The summed E-state index contributed by atoms with van der Waals surface area (Å²) in [6, 6.07) is 8.13. The third kappa shape index (κ3) is 2.74. The molecular weight excluding hydrogens is 290 g/mol. The lowest BCUT2D eigenvalue weighted by atomic mass is 10.0. The predicted octanol–water partition coefficient (Wildman–Crippen LogP) is 2.52. The number of imidazole rings is 1. The van der Waals surface area contributed by atoms with Crippen molar-refractivity contribution in [2.24, 2.45) is 0 Å². The monoisotopic (exact) mass is 309 g/mol. The first kappa shape index (κ1) is 14.1. The second-order valence-corrected chi connectivity index (χ2v) is 6.05. The molecule has 1 aromatic heterocycles. The molecule has 0 bridgehead atoms. The van der Waals surface area contributed by atoms with Crippen molar-refractivity contribution in [2.45, 2.75) is 18.9 Å². The number of rotatable bonds is 2. The molecular formula is C18H19N3O2. The van der Waals surface area contributed by atoms with E-state index in [1.54, 1.807) is 6.20 Å². The zero-order valence-electron chi connectivity index (χ0n) is 12.9. The Balaban J connectivity index is 1.52. The van der Waals surface area contributed by atoms with E-state index in [1.807, 2.05) is 47.8 Å². The SMILES string of the molecule is O=C(C1=Cc2ccccc2OC1)N1CCC[C@H](n2ccnc2)C1. The summed E-state index contributed by atoms with van der Waals surface area (Å²) in [5.74, 6) is 0.934. The van der Waals surface area contributed by atoms with Crippen molar-refractivity contribution in [1.82, 2.24) is 14.5 Å². The maximum absolute atomic E-state index is 12.8. The van der Waals surface area contributed by atoms with Gasteiger partial charge >= 0.3 is 0 Å². The number of hydrogen-bond acceptors (Lipinski definition) is 3. The molecule has 0 unspecified atom stereocenters. The summed E-state index contributed by atoms with van der Waals surface area (Å²) in [6.07, 6.45) is 9.64. The van der Waals surface area contributed by atoms with Gasteiger partial charge in [-0.2, -0.15) is 0 Å². The van der Waals surface area contributed by atoms with Gasteiger partial charge in [-0.25, -0.2) is 4.98 Å². The number of aromatic nitrogens is 2. The zero-order valence-corrected chi connectivity index (χ0v) is 12.9. The summed E-state index contributed by atoms with van der Waals surface area (Å²) in [6.45, 7) is 1.89. The molecule has 1 atom stereocenters. The van der Waals surface area contributed by atoms with Crippen LogP contribution < -0.4 is 4.74 Å². The van der Waals surface area contributed by atoms with Crippen LogP contribution in [0.25, 0.3) is 6.08 Å². The fraction of sp³-hybridized carbons (Fsp3) is 0.333. The highest BCUT2D eigenvalue weighted by atomic mass is 16.5. The van der Waals surface area contributed by atoms with Crippen LogP contribution in [-0.4, -0.2) is 40.1 Å². The highest BCUT2D eigenvalue weighted by molar-refractivity contribution is 5.99. The van der Waals surface area contributed by atoms with E-state index in [2.05, 4.69) is 9.55 Å². The van der Waals surface area contributed by atoms with Gasteiger partial charge in [-0.3, -0.25) is 4.79 Å². The van der Waals surface area contributed by atoms with E-state index >= 15 is 0 Å². The van der Waals surface area contributed by atoms with Crippen molar-refractivity contribution in [3.63, 3.8) is 0 Å². The van der Waals surface area contributed by atoms with Crippen molar-refractivity contribution < 1.29 is 9.53 Å². The topological polar surface area (TPSA) is 47.4 Å². The lowest BCUT2D eigenvalue weighted by Crippen LogP contribution is -2.42. The van der Waals surface area contributed by atoms with Gasteiger partial charge in [0.15, 0.2) is 0 Å². The summed E-state index contributed by atoms with van der Waals surface area (Å²) in [5, 5.41) is 0. The van der Waals surface area contributed by atoms with Crippen LogP contribution in [-0.2, 0) is 4.79 Å². The molecule has 5 heteroatoms. The van der Waals surface area contributed by atoms with E-state index < -0.39 is 0 Å². The molecule has 0 N–H and O–H groups in total. The van der Waals surface area contributed by atoms with Crippen LogP contribution in [0.1, 0.15) is 24.4 Å². The summed E-state index contributed by atoms with van der Waals surface area (Å²) < 4.78 is 7.81.